The van der Waals surface area contributed by atoms with Crippen LogP contribution < -0.4 is 10.5 Å². The molecule has 0 aromatic heterocycles. The lowest BCUT2D eigenvalue weighted by molar-refractivity contribution is 0.125. The van der Waals surface area contributed by atoms with Crippen LogP contribution in [-0.2, 0) is 0 Å². The highest BCUT2D eigenvalue weighted by Gasteiger charge is 2.19. The maximum atomic E-state index is 6.12. The summed E-state index contributed by atoms with van der Waals surface area (Å²) >= 11 is 11.0. The minimum Gasteiger partial charge on any atom is -0.492 e. The highest BCUT2D eigenvalue weighted by molar-refractivity contribution is 7.80. The summed E-state index contributed by atoms with van der Waals surface area (Å²) in [5.41, 5.74) is 6.27. The first-order valence-electron chi connectivity index (χ1n) is 6.50. The Morgan fingerprint density at radius 3 is 2.95 bits per heavy atom. The van der Waals surface area contributed by atoms with Gasteiger partial charge in [-0.1, -0.05) is 30.2 Å². The highest BCUT2D eigenvalue weighted by atomic mass is 35.5. The number of halogens is 1. The van der Waals surface area contributed by atoms with E-state index in [0.29, 0.717) is 28.2 Å². The van der Waals surface area contributed by atoms with E-state index in [-0.39, 0.29) is 0 Å². The number of nitrogens with two attached hydrogens (primary N) is 1. The van der Waals surface area contributed by atoms with E-state index < -0.39 is 0 Å². The smallest absolute Gasteiger partial charge is 0.120 e. The van der Waals surface area contributed by atoms with Gasteiger partial charge in [0.15, 0.2) is 0 Å². The van der Waals surface area contributed by atoms with E-state index in [4.69, 9.17) is 34.3 Å². The van der Waals surface area contributed by atoms with Gasteiger partial charge in [0.1, 0.15) is 17.3 Å². The molecule has 1 fully saturated rings. The number of nitrogens with zero attached hydrogens (tertiary/aromatic N) is 1. The van der Waals surface area contributed by atoms with Gasteiger partial charge in [0.2, 0.25) is 0 Å². The second-order valence-electron chi connectivity index (χ2n) is 4.95. The van der Waals surface area contributed by atoms with Crippen molar-refractivity contribution in [1.29, 1.82) is 0 Å². The molecule has 1 heterocycles. The van der Waals surface area contributed by atoms with Crippen LogP contribution in [0, 0.1) is 0 Å². The maximum Gasteiger partial charge on any atom is 0.120 e. The van der Waals surface area contributed by atoms with Crippen LogP contribution in [0.4, 0.5) is 0 Å². The van der Waals surface area contributed by atoms with Crippen molar-refractivity contribution in [2.75, 3.05) is 20.2 Å². The summed E-state index contributed by atoms with van der Waals surface area (Å²) in [7, 11) is 2.15. The Morgan fingerprint density at radius 2 is 2.32 bits per heavy atom. The number of rotatable bonds is 4. The molecule has 0 amide bonds. The fourth-order valence-electron chi connectivity index (χ4n) is 2.33. The van der Waals surface area contributed by atoms with Gasteiger partial charge in [-0.3, -0.25) is 0 Å². The van der Waals surface area contributed by atoms with Gasteiger partial charge in [-0.05, 0) is 44.6 Å². The lowest BCUT2D eigenvalue weighted by Gasteiger charge is -2.32. The predicted molar refractivity (Wildman–Crippen MR) is 83.1 cm³/mol. The minimum atomic E-state index is 0.309. The third kappa shape index (κ3) is 3.81. The summed E-state index contributed by atoms with van der Waals surface area (Å²) in [6, 6.07) is 5.94. The standard InChI is InChI=1S/C14H19ClN2OS/c1-17-7-3-2-4-10(17)9-18-11-5-6-12(14(16)19)13(15)8-11/h5-6,8,10H,2-4,7,9H2,1H3,(H2,16,19). The predicted octanol–water partition coefficient (Wildman–Crippen LogP) is 2.84. The fourth-order valence-corrected chi connectivity index (χ4v) is 2.84. The van der Waals surface area contributed by atoms with Gasteiger partial charge in [0.05, 0.1) is 5.02 Å². The zero-order valence-corrected chi connectivity index (χ0v) is 12.6. The van der Waals surface area contributed by atoms with Gasteiger partial charge in [0, 0.05) is 11.6 Å². The molecule has 1 aliphatic rings. The van der Waals surface area contributed by atoms with Crippen LogP contribution in [0.15, 0.2) is 18.2 Å². The quantitative estimate of drug-likeness (QED) is 0.868. The number of hydrogen-bond acceptors (Lipinski definition) is 3. The topological polar surface area (TPSA) is 38.5 Å². The molecule has 0 bridgehead atoms. The Bertz CT molecular complexity index is 467. The van der Waals surface area contributed by atoms with Crippen molar-refractivity contribution in [3.05, 3.63) is 28.8 Å². The molecule has 104 valence electrons. The van der Waals surface area contributed by atoms with Gasteiger partial charge >= 0.3 is 0 Å². The summed E-state index contributed by atoms with van der Waals surface area (Å²) < 4.78 is 5.82. The largest absolute Gasteiger partial charge is 0.492 e. The zero-order chi connectivity index (χ0) is 13.8. The molecule has 1 atom stereocenters. The van der Waals surface area contributed by atoms with Crippen LogP contribution in [0.3, 0.4) is 0 Å². The number of benzene rings is 1. The Labute approximate surface area is 124 Å². The molecule has 2 N–H and O–H groups in total. The average molecular weight is 299 g/mol. The molecule has 0 spiro atoms. The van der Waals surface area contributed by atoms with Gasteiger partial charge in [0.25, 0.3) is 0 Å². The van der Waals surface area contributed by atoms with E-state index in [2.05, 4.69) is 11.9 Å². The molecule has 3 nitrogen and oxygen atoms in total. The molecule has 19 heavy (non-hydrogen) atoms. The first kappa shape index (κ1) is 14.6. The Morgan fingerprint density at radius 1 is 1.53 bits per heavy atom. The number of thiocarbonyl (C=S) groups is 1. The van der Waals surface area contributed by atoms with E-state index in [1.807, 2.05) is 12.1 Å². The van der Waals surface area contributed by atoms with Gasteiger partial charge in [-0.2, -0.15) is 0 Å². The van der Waals surface area contributed by atoms with E-state index in [1.165, 1.54) is 19.3 Å². The van der Waals surface area contributed by atoms with Gasteiger partial charge in [-0.25, -0.2) is 0 Å². The van der Waals surface area contributed by atoms with Gasteiger partial charge < -0.3 is 15.4 Å². The fraction of sp³-hybridized carbons (Fsp3) is 0.500. The summed E-state index contributed by atoms with van der Waals surface area (Å²) in [6.45, 7) is 1.84. The monoisotopic (exact) mass is 298 g/mol. The maximum absolute atomic E-state index is 6.12. The normalized spacial score (nSPS) is 20.2. The van der Waals surface area contributed by atoms with Crippen molar-refractivity contribution in [3.8, 4) is 5.75 Å². The lowest BCUT2D eigenvalue weighted by atomic mass is 10.0. The van der Waals surface area contributed by atoms with E-state index >= 15 is 0 Å². The first-order valence-corrected chi connectivity index (χ1v) is 7.29. The van der Waals surface area contributed by atoms with Crippen molar-refractivity contribution in [2.24, 2.45) is 5.73 Å². The number of likely N-dealkylation sites (tertiary alicyclic amines) is 1. The van der Waals surface area contributed by atoms with Crippen molar-refractivity contribution in [2.45, 2.75) is 25.3 Å². The van der Waals surface area contributed by atoms with Crippen LogP contribution in [0.2, 0.25) is 5.02 Å². The van der Waals surface area contributed by atoms with E-state index in [0.717, 1.165) is 12.3 Å². The van der Waals surface area contributed by atoms with E-state index in [9.17, 15) is 0 Å². The molecule has 1 unspecified atom stereocenters. The lowest BCUT2D eigenvalue weighted by Crippen LogP contribution is -2.40. The number of likely N-dealkylation sites (N-methyl/N-ethyl adjacent to an activating group) is 1. The van der Waals surface area contributed by atoms with Crippen molar-refractivity contribution in [1.82, 2.24) is 4.90 Å². The highest BCUT2D eigenvalue weighted by Crippen LogP contribution is 2.23. The number of hydrogen-bond donors (Lipinski definition) is 1. The molecule has 0 saturated carbocycles. The Hall–Kier alpha value is -0.840. The first-order chi connectivity index (χ1) is 9.08. The SMILES string of the molecule is CN1CCCCC1COc1ccc(C(N)=S)c(Cl)c1. The van der Waals surface area contributed by atoms with Crippen LogP contribution in [-0.4, -0.2) is 36.1 Å². The van der Waals surface area contributed by atoms with Gasteiger partial charge in [-0.15, -0.1) is 0 Å². The Balaban J connectivity index is 1.96. The van der Waals surface area contributed by atoms with E-state index in [1.54, 1.807) is 6.07 Å². The minimum absolute atomic E-state index is 0.309. The number of piperidine rings is 1. The summed E-state index contributed by atoms with van der Waals surface area (Å²) in [6.07, 6.45) is 3.75. The van der Waals surface area contributed by atoms with Crippen LogP contribution in [0.5, 0.6) is 5.75 Å². The van der Waals surface area contributed by atoms with Crippen LogP contribution in [0.25, 0.3) is 0 Å². The second-order valence-corrected chi connectivity index (χ2v) is 5.79. The van der Waals surface area contributed by atoms with Crippen molar-refractivity contribution >= 4 is 28.8 Å². The third-order valence-electron chi connectivity index (χ3n) is 3.57. The third-order valence-corrected chi connectivity index (χ3v) is 4.10. The molecule has 0 aliphatic carbocycles. The van der Waals surface area contributed by atoms with Crippen LogP contribution >= 0.6 is 23.8 Å². The average Bonchev–Trinajstić information content (AvgIpc) is 2.37. The summed E-state index contributed by atoms with van der Waals surface area (Å²) in [5.74, 6) is 0.768. The molecule has 1 aromatic carbocycles. The zero-order valence-electron chi connectivity index (χ0n) is 11.1. The summed E-state index contributed by atoms with van der Waals surface area (Å²) in [5, 5.41) is 0.544. The molecule has 1 aromatic rings. The molecule has 1 aliphatic heterocycles. The second kappa shape index (κ2) is 6.55. The molecular formula is C14H19ClN2OS. The summed E-state index contributed by atoms with van der Waals surface area (Å²) in [4.78, 5) is 2.66. The Kier molecular flexibility index (Phi) is 5.02. The molecule has 1 saturated heterocycles. The molecule has 2 rings (SSSR count). The van der Waals surface area contributed by atoms with Crippen molar-refractivity contribution in [3.63, 3.8) is 0 Å². The van der Waals surface area contributed by atoms with Crippen molar-refractivity contribution < 1.29 is 4.74 Å². The molecule has 5 heteroatoms. The number of ether oxygens (including phenoxy) is 1. The molecule has 0 radical (unpaired) electrons. The molecular weight excluding hydrogens is 280 g/mol. The van der Waals surface area contributed by atoms with Crippen LogP contribution in [0.1, 0.15) is 24.8 Å².